The van der Waals surface area contributed by atoms with Gasteiger partial charge in [-0.3, -0.25) is 14.5 Å². The molecule has 0 saturated heterocycles. The van der Waals surface area contributed by atoms with E-state index >= 15 is 0 Å². The largest absolute Gasteiger partial charge is 0.350 e. The normalized spacial score (nSPS) is 14.6. The van der Waals surface area contributed by atoms with Gasteiger partial charge in [0.05, 0.1) is 5.57 Å². The molecule has 0 aromatic heterocycles. The molecule has 0 aliphatic carbocycles. The molecule has 3 rings (SSSR count). The summed E-state index contributed by atoms with van der Waals surface area (Å²) < 4.78 is 0. The molecule has 0 bridgehead atoms. The monoisotopic (exact) mass is 340 g/mol. The van der Waals surface area contributed by atoms with Crippen LogP contribution >= 0.6 is 11.6 Å². The number of benzene rings is 2. The average molecular weight is 341 g/mol. The van der Waals surface area contributed by atoms with E-state index in [9.17, 15) is 9.59 Å². The maximum Gasteiger partial charge on any atom is 0.277 e. The highest BCUT2D eigenvalue weighted by atomic mass is 35.5. The van der Waals surface area contributed by atoms with Gasteiger partial charge in [0, 0.05) is 17.8 Å². The Morgan fingerprint density at radius 2 is 1.62 bits per heavy atom. The van der Waals surface area contributed by atoms with E-state index in [0.29, 0.717) is 21.9 Å². The highest BCUT2D eigenvalue weighted by Gasteiger charge is 2.36. The van der Waals surface area contributed by atoms with E-state index < -0.39 is 0 Å². The highest BCUT2D eigenvalue weighted by molar-refractivity contribution is 6.36. The van der Waals surface area contributed by atoms with E-state index in [1.165, 1.54) is 7.05 Å². The first-order valence-electron chi connectivity index (χ1n) is 7.56. The SMILES string of the molecule is Cc1cccc(NC2=C(c3ccc(Cl)cc3)C(=O)N(C)C2=O)c1C. The van der Waals surface area contributed by atoms with Gasteiger partial charge in [-0.15, -0.1) is 0 Å². The predicted molar refractivity (Wildman–Crippen MR) is 95.7 cm³/mol. The zero-order valence-electron chi connectivity index (χ0n) is 13.7. The topological polar surface area (TPSA) is 49.4 Å². The summed E-state index contributed by atoms with van der Waals surface area (Å²) in [7, 11) is 1.48. The summed E-state index contributed by atoms with van der Waals surface area (Å²) in [4.78, 5) is 26.2. The quantitative estimate of drug-likeness (QED) is 0.865. The first-order valence-corrected chi connectivity index (χ1v) is 7.94. The summed E-state index contributed by atoms with van der Waals surface area (Å²) in [6.45, 7) is 3.98. The van der Waals surface area contributed by atoms with E-state index in [4.69, 9.17) is 11.6 Å². The first kappa shape index (κ1) is 16.3. The number of imide groups is 1. The van der Waals surface area contributed by atoms with Gasteiger partial charge < -0.3 is 5.32 Å². The zero-order chi connectivity index (χ0) is 17.4. The average Bonchev–Trinajstić information content (AvgIpc) is 2.77. The van der Waals surface area contributed by atoms with Crippen molar-refractivity contribution >= 4 is 34.7 Å². The van der Waals surface area contributed by atoms with Crippen LogP contribution in [0, 0.1) is 13.8 Å². The van der Waals surface area contributed by atoms with Gasteiger partial charge in [-0.25, -0.2) is 0 Å². The Kier molecular flexibility index (Phi) is 4.16. The Morgan fingerprint density at radius 1 is 0.958 bits per heavy atom. The van der Waals surface area contributed by atoms with Gasteiger partial charge in [0.15, 0.2) is 0 Å². The second kappa shape index (κ2) is 6.13. The maximum atomic E-state index is 12.5. The van der Waals surface area contributed by atoms with Gasteiger partial charge in [0.25, 0.3) is 11.8 Å². The molecule has 2 amide bonds. The minimum absolute atomic E-state index is 0.290. The molecule has 0 unspecified atom stereocenters. The number of nitrogens with zero attached hydrogens (tertiary/aromatic N) is 1. The van der Waals surface area contributed by atoms with Crippen molar-refractivity contribution in [2.75, 3.05) is 12.4 Å². The van der Waals surface area contributed by atoms with Crippen LogP contribution in [0.5, 0.6) is 0 Å². The van der Waals surface area contributed by atoms with Crippen LogP contribution in [0.4, 0.5) is 5.69 Å². The standard InChI is InChI=1S/C19H17ClN2O2/c1-11-5-4-6-15(12(11)2)21-17-16(18(23)22(3)19(17)24)13-7-9-14(20)10-8-13/h4-10,21H,1-3H3. The Labute approximate surface area is 145 Å². The molecule has 24 heavy (non-hydrogen) atoms. The number of aryl methyl sites for hydroxylation is 1. The molecule has 1 aliphatic heterocycles. The Morgan fingerprint density at radius 3 is 2.29 bits per heavy atom. The van der Waals surface area contributed by atoms with Crippen molar-refractivity contribution in [1.29, 1.82) is 0 Å². The summed E-state index contributed by atoms with van der Waals surface area (Å²) in [5, 5.41) is 3.74. The number of hydrogen-bond acceptors (Lipinski definition) is 3. The van der Waals surface area contributed by atoms with Crippen molar-refractivity contribution in [2.24, 2.45) is 0 Å². The van der Waals surface area contributed by atoms with Crippen molar-refractivity contribution in [3.8, 4) is 0 Å². The molecule has 1 N–H and O–H groups in total. The lowest BCUT2D eigenvalue weighted by Crippen LogP contribution is -2.28. The molecule has 1 aliphatic rings. The molecular weight excluding hydrogens is 324 g/mol. The second-order valence-electron chi connectivity index (χ2n) is 5.80. The van der Waals surface area contributed by atoms with Crippen LogP contribution in [-0.2, 0) is 9.59 Å². The van der Waals surface area contributed by atoms with E-state index in [1.807, 2.05) is 32.0 Å². The Bertz CT molecular complexity index is 869. The molecule has 1 heterocycles. The van der Waals surface area contributed by atoms with Gasteiger partial charge in [0.1, 0.15) is 5.70 Å². The number of rotatable bonds is 3. The van der Waals surface area contributed by atoms with Crippen LogP contribution in [0.3, 0.4) is 0 Å². The van der Waals surface area contributed by atoms with E-state index in [0.717, 1.165) is 21.7 Å². The summed E-state index contributed by atoms with van der Waals surface area (Å²) in [6, 6.07) is 12.7. The number of carbonyl (C=O) groups excluding carboxylic acids is 2. The summed E-state index contributed by atoms with van der Waals surface area (Å²) in [6.07, 6.45) is 0. The molecule has 2 aromatic carbocycles. The lowest BCUT2D eigenvalue weighted by Gasteiger charge is -2.13. The van der Waals surface area contributed by atoms with Crippen molar-refractivity contribution < 1.29 is 9.59 Å². The van der Waals surface area contributed by atoms with Crippen LogP contribution < -0.4 is 5.32 Å². The van der Waals surface area contributed by atoms with Crippen molar-refractivity contribution in [2.45, 2.75) is 13.8 Å². The number of amides is 2. The molecule has 0 radical (unpaired) electrons. The minimum atomic E-state index is -0.342. The summed E-state index contributed by atoms with van der Waals surface area (Å²) >= 11 is 5.92. The van der Waals surface area contributed by atoms with Gasteiger partial charge in [-0.2, -0.15) is 0 Å². The highest BCUT2D eigenvalue weighted by Crippen LogP contribution is 2.31. The second-order valence-corrected chi connectivity index (χ2v) is 6.24. The smallest absolute Gasteiger partial charge is 0.277 e. The zero-order valence-corrected chi connectivity index (χ0v) is 14.4. The third-order valence-electron chi connectivity index (χ3n) is 4.28. The Balaban J connectivity index is 2.12. The van der Waals surface area contributed by atoms with Crippen molar-refractivity contribution in [3.05, 3.63) is 69.9 Å². The molecule has 0 atom stereocenters. The number of likely N-dealkylation sites (N-methyl/N-ethyl adjacent to an activating group) is 1. The molecular formula is C19H17ClN2O2. The lowest BCUT2D eigenvalue weighted by atomic mass is 10.0. The maximum absolute atomic E-state index is 12.5. The molecule has 0 fully saturated rings. The lowest BCUT2D eigenvalue weighted by molar-refractivity contribution is -0.135. The number of halogens is 1. The number of anilines is 1. The molecule has 122 valence electrons. The molecule has 4 nitrogen and oxygen atoms in total. The van der Waals surface area contributed by atoms with Crippen LogP contribution in [0.1, 0.15) is 16.7 Å². The number of hydrogen-bond donors (Lipinski definition) is 1. The fourth-order valence-electron chi connectivity index (χ4n) is 2.66. The van der Waals surface area contributed by atoms with Crippen molar-refractivity contribution in [3.63, 3.8) is 0 Å². The van der Waals surface area contributed by atoms with Gasteiger partial charge in [0.2, 0.25) is 0 Å². The molecule has 2 aromatic rings. The summed E-state index contributed by atoms with van der Waals surface area (Å²) in [5.74, 6) is -0.666. The molecule has 5 heteroatoms. The minimum Gasteiger partial charge on any atom is -0.350 e. The van der Waals surface area contributed by atoms with E-state index in [2.05, 4.69) is 5.32 Å². The number of nitrogens with one attached hydrogen (secondary N) is 1. The Hall–Kier alpha value is -2.59. The predicted octanol–water partition coefficient (Wildman–Crippen LogP) is 3.78. The van der Waals surface area contributed by atoms with Gasteiger partial charge in [-0.05, 0) is 48.7 Å². The van der Waals surface area contributed by atoms with Crippen molar-refractivity contribution in [1.82, 2.24) is 4.90 Å². The first-order chi connectivity index (χ1) is 11.4. The molecule has 0 spiro atoms. The summed E-state index contributed by atoms with van der Waals surface area (Å²) in [5.41, 5.74) is 4.27. The van der Waals surface area contributed by atoms with Crippen LogP contribution in [0.25, 0.3) is 5.57 Å². The fourth-order valence-corrected chi connectivity index (χ4v) is 2.79. The third-order valence-corrected chi connectivity index (χ3v) is 4.54. The third kappa shape index (κ3) is 2.69. The molecule has 0 saturated carbocycles. The fraction of sp³-hybridized carbons (Fsp3) is 0.158. The van der Waals surface area contributed by atoms with Crippen LogP contribution in [-0.4, -0.2) is 23.8 Å². The van der Waals surface area contributed by atoms with Gasteiger partial charge >= 0.3 is 0 Å². The van der Waals surface area contributed by atoms with E-state index in [1.54, 1.807) is 24.3 Å². The number of carbonyl (C=O) groups is 2. The van der Waals surface area contributed by atoms with E-state index in [-0.39, 0.29) is 11.8 Å². The van der Waals surface area contributed by atoms with Crippen LogP contribution in [0.2, 0.25) is 5.02 Å². The van der Waals surface area contributed by atoms with Crippen LogP contribution in [0.15, 0.2) is 48.2 Å². The van der Waals surface area contributed by atoms with Gasteiger partial charge in [-0.1, -0.05) is 35.9 Å².